The quantitative estimate of drug-likeness (QED) is 0.735. The van der Waals surface area contributed by atoms with Crippen LogP contribution in [-0.2, 0) is 0 Å². The molecule has 3 rings (SSSR count). The molecule has 0 aromatic heterocycles. The van der Waals surface area contributed by atoms with E-state index in [1.54, 1.807) is 12.1 Å². The van der Waals surface area contributed by atoms with Gasteiger partial charge in [-0.15, -0.1) is 0 Å². The molecule has 1 heterocycles. The van der Waals surface area contributed by atoms with Crippen LogP contribution >= 0.6 is 0 Å². The van der Waals surface area contributed by atoms with Crippen molar-refractivity contribution in [3.05, 3.63) is 71.5 Å². The van der Waals surface area contributed by atoms with E-state index in [-0.39, 0.29) is 5.82 Å². The first-order valence-corrected chi connectivity index (χ1v) is 6.87. The highest BCUT2D eigenvalue weighted by Gasteiger charge is 2.48. The van der Waals surface area contributed by atoms with Crippen molar-refractivity contribution in [3.63, 3.8) is 0 Å². The summed E-state index contributed by atoms with van der Waals surface area (Å²) in [5.41, 5.74) is 2.56. The largest absolute Gasteiger partial charge is 0.286 e. The third kappa shape index (κ3) is 2.41. The molecule has 2 heteroatoms. The molecule has 3 atom stereocenters. The molecule has 0 bridgehead atoms. The zero-order valence-corrected chi connectivity index (χ0v) is 11.1. The van der Waals surface area contributed by atoms with Crippen molar-refractivity contribution in [2.24, 2.45) is 0 Å². The Morgan fingerprint density at radius 2 is 1.47 bits per heavy atom. The number of halogens is 1. The molecule has 2 aromatic rings. The number of rotatable bonds is 4. The molecule has 0 aliphatic carbocycles. The molecule has 1 unspecified atom stereocenters. The standard InChI is InChI=1S/C17H18FN/c1-2-12-19-16(13-6-4-3-5-7-13)17(19)14-8-10-15(18)11-9-14/h3-11,16-17H,2,12H2,1H3/t16-,17+,19?/m0/s1. The van der Waals surface area contributed by atoms with E-state index in [4.69, 9.17) is 0 Å². The van der Waals surface area contributed by atoms with Gasteiger partial charge in [-0.2, -0.15) is 0 Å². The van der Waals surface area contributed by atoms with Crippen LogP contribution in [0.2, 0.25) is 0 Å². The van der Waals surface area contributed by atoms with Gasteiger partial charge in [-0.25, -0.2) is 4.39 Å². The first-order chi connectivity index (χ1) is 9.31. The molecule has 0 N–H and O–H groups in total. The summed E-state index contributed by atoms with van der Waals surface area (Å²) in [5, 5.41) is 0. The van der Waals surface area contributed by atoms with Gasteiger partial charge in [0.15, 0.2) is 0 Å². The van der Waals surface area contributed by atoms with E-state index in [1.807, 2.05) is 18.2 Å². The van der Waals surface area contributed by atoms with Crippen molar-refractivity contribution in [2.45, 2.75) is 25.4 Å². The van der Waals surface area contributed by atoms with Gasteiger partial charge >= 0.3 is 0 Å². The van der Waals surface area contributed by atoms with Gasteiger partial charge < -0.3 is 0 Å². The Bertz CT molecular complexity index is 535. The Hall–Kier alpha value is -1.67. The van der Waals surface area contributed by atoms with Crippen molar-refractivity contribution < 1.29 is 4.39 Å². The van der Waals surface area contributed by atoms with Crippen LogP contribution in [0.5, 0.6) is 0 Å². The molecule has 1 aliphatic heterocycles. The topological polar surface area (TPSA) is 3.01 Å². The second kappa shape index (κ2) is 5.14. The van der Waals surface area contributed by atoms with E-state index >= 15 is 0 Å². The van der Waals surface area contributed by atoms with Crippen molar-refractivity contribution in [2.75, 3.05) is 6.54 Å². The van der Waals surface area contributed by atoms with Crippen molar-refractivity contribution >= 4 is 0 Å². The summed E-state index contributed by atoms with van der Waals surface area (Å²) in [4.78, 5) is 2.47. The van der Waals surface area contributed by atoms with Gasteiger partial charge in [0.25, 0.3) is 0 Å². The maximum Gasteiger partial charge on any atom is 0.123 e. The first-order valence-electron chi connectivity index (χ1n) is 6.87. The molecule has 1 fully saturated rings. The lowest BCUT2D eigenvalue weighted by molar-refractivity contribution is 0.481. The highest BCUT2D eigenvalue weighted by molar-refractivity contribution is 5.34. The van der Waals surface area contributed by atoms with Crippen molar-refractivity contribution in [1.29, 1.82) is 0 Å². The van der Waals surface area contributed by atoms with E-state index in [1.165, 1.54) is 11.1 Å². The molecule has 0 amide bonds. The van der Waals surface area contributed by atoms with Crippen LogP contribution in [-0.4, -0.2) is 11.4 Å². The van der Waals surface area contributed by atoms with E-state index in [9.17, 15) is 4.39 Å². The van der Waals surface area contributed by atoms with Crippen molar-refractivity contribution in [3.8, 4) is 0 Å². The SMILES string of the molecule is CCCN1[C@H](c2ccc(F)cc2)[C@@H]1c1ccccc1. The zero-order valence-electron chi connectivity index (χ0n) is 11.1. The molecular weight excluding hydrogens is 237 g/mol. The van der Waals surface area contributed by atoms with Gasteiger partial charge in [-0.05, 0) is 36.2 Å². The van der Waals surface area contributed by atoms with E-state index in [2.05, 4.69) is 36.1 Å². The number of benzene rings is 2. The van der Waals surface area contributed by atoms with Crippen LogP contribution in [0.3, 0.4) is 0 Å². The third-order valence-electron chi connectivity index (χ3n) is 3.76. The highest BCUT2D eigenvalue weighted by atomic mass is 19.1. The maximum absolute atomic E-state index is 13.0. The minimum atomic E-state index is -0.164. The molecule has 2 aromatic carbocycles. The minimum absolute atomic E-state index is 0.164. The normalized spacial score (nSPS) is 25.3. The maximum atomic E-state index is 13.0. The second-order valence-electron chi connectivity index (χ2n) is 5.09. The summed E-state index contributed by atoms with van der Waals surface area (Å²) in [5.74, 6) is -0.164. The van der Waals surface area contributed by atoms with Crippen LogP contribution in [0, 0.1) is 5.82 Å². The van der Waals surface area contributed by atoms with Crippen LogP contribution in [0.1, 0.15) is 36.6 Å². The Morgan fingerprint density at radius 1 is 0.895 bits per heavy atom. The summed E-state index contributed by atoms with van der Waals surface area (Å²) in [6.07, 6.45) is 1.14. The van der Waals surface area contributed by atoms with Gasteiger partial charge in [0.05, 0.1) is 12.1 Å². The molecule has 0 radical (unpaired) electrons. The first kappa shape index (κ1) is 12.4. The Balaban J connectivity index is 1.86. The smallest absolute Gasteiger partial charge is 0.123 e. The van der Waals surface area contributed by atoms with Crippen molar-refractivity contribution in [1.82, 2.24) is 4.90 Å². The molecule has 98 valence electrons. The third-order valence-corrected chi connectivity index (χ3v) is 3.76. The lowest BCUT2D eigenvalue weighted by Gasteiger charge is -2.01. The fourth-order valence-corrected chi connectivity index (χ4v) is 2.87. The van der Waals surface area contributed by atoms with E-state index < -0.39 is 0 Å². The Morgan fingerprint density at radius 3 is 2.05 bits per heavy atom. The van der Waals surface area contributed by atoms with Gasteiger partial charge in [-0.3, -0.25) is 4.90 Å². The average molecular weight is 255 g/mol. The Kier molecular flexibility index (Phi) is 3.34. The lowest BCUT2D eigenvalue weighted by Crippen LogP contribution is -2.00. The summed E-state index contributed by atoms with van der Waals surface area (Å²) in [7, 11) is 0. The summed E-state index contributed by atoms with van der Waals surface area (Å²) in [6.45, 7) is 3.28. The summed E-state index contributed by atoms with van der Waals surface area (Å²) >= 11 is 0. The summed E-state index contributed by atoms with van der Waals surface area (Å²) in [6, 6.07) is 18.3. The van der Waals surface area contributed by atoms with E-state index in [0.717, 1.165) is 13.0 Å². The zero-order chi connectivity index (χ0) is 13.2. The van der Waals surface area contributed by atoms with Crippen LogP contribution < -0.4 is 0 Å². The number of hydrogen-bond acceptors (Lipinski definition) is 1. The molecule has 0 spiro atoms. The molecule has 1 aliphatic rings. The van der Waals surface area contributed by atoms with Gasteiger partial charge in [0, 0.05) is 0 Å². The monoisotopic (exact) mass is 255 g/mol. The fraction of sp³-hybridized carbons (Fsp3) is 0.294. The van der Waals surface area contributed by atoms with Crippen LogP contribution in [0.25, 0.3) is 0 Å². The highest BCUT2D eigenvalue weighted by Crippen LogP contribution is 2.54. The van der Waals surface area contributed by atoms with Gasteiger partial charge in [0.1, 0.15) is 5.82 Å². The number of nitrogens with zero attached hydrogens (tertiary/aromatic N) is 1. The molecule has 0 saturated carbocycles. The summed E-state index contributed by atoms with van der Waals surface area (Å²) < 4.78 is 13.0. The molecule has 1 saturated heterocycles. The molecular formula is C17H18FN. The van der Waals surface area contributed by atoms with E-state index in [0.29, 0.717) is 12.1 Å². The molecule has 1 nitrogen and oxygen atoms in total. The predicted molar refractivity (Wildman–Crippen MR) is 75.3 cm³/mol. The Labute approximate surface area is 113 Å². The minimum Gasteiger partial charge on any atom is -0.286 e. The van der Waals surface area contributed by atoms with Gasteiger partial charge in [-0.1, -0.05) is 49.4 Å². The second-order valence-corrected chi connectivity index (χ2v) is 5.09. The number of hydrogen-bond donors (Lipinski definition) is 0. The lowest BCUT2D eigenvalue weighted by atomic mass is 10.0. The van der Waals surface area contributed by atoms with Crippen LogP contribution in [0.15, 0.2) is 54.6 Å². The molecule has 19 heavy (non-hydrogen) atoms. The fourth-order valence-electron chi connectivity index (χ4n) is 2.87. The van der Waals surface area contributed by atoms with Crippen LogP contribution in [0.4, 0.5) is 4.39 Å². The van der Waals surface area contributed by atoms with Gasteiger partial charge in [0.2, 0.25) is 0 Å². The average Bonchev–Trinajstić information content (AvgIpc) is 3.15. The predicted octanol–water partition coefficient (Wildman–Crippen LogP) is 4.33.